The van der Waals surface area contributed by atoms with E-state index in [0.717, 1.165) is 5.01 Å². The molecule has 1 amide bonds. The van der Waals surface area contributed by atoms with Crippen molar-refractivity contribution < 1.29 is 18.0 Å². The van der Waals surface area contributed by atoms with Crippen LogP contribution < -0.4 is 5.01 Å². The second-order valence-electron chi connectivity index (χ2n) is 3.83. The van der Waals surface area contributed by atoms with Gasteiger partial charge >= 0.3 is 6.18 Å². The van der Waals surface area contributed by atoms with Gasteiger partial charge in [-0.15, -0.1) is 0 Å². The number of amides is 1. The van der Waals surface area contributed by atoms with Crippen LogP contribution in [0.4, 0.5) is 18.9 Å². The van der Waals surface area contributed by atoms with E-state index in [-0.39, 0.29) is 0 Å². The SMILES string of the molecule is CC1C(=O)N(c2cccc(Br)c2)N=C1C(F)(F)F. The van der Waals surface area contributed by atoms with Crippen molar-refractivity contribution in [1.82, 2.24) is 0 Å². The van der Waals surface area contributed by atoms with Gasteiger partial charge in [0.25, 0.3) is 5.91 Å². The molecule has 1 unspecified atom stereocenters. The maximum atomic E-state index is 12.6. The molecule has 3 nitrogen and oxygen atoms in total. The highest BCUT2D eigenvalue weighted by Gasteiger charge is 2.48. The number of carbonyl (C=O) groups is 1. The van der Waals surface area contributed by atoms with E-state index in [2.05, 4.69) is 21.0 Å². The summed E-state index contributed by atoms with van der Waals surface area (Å²) in [6.07, 6.45) is -4.59. The van der Waals surface area contributed by atoms with Gasteiger partial charge in [0.15, 0.2) is 5.71 Å². The number of carbonyl (C=O) groups excluding carboxylic acids is 1. The van der Waals surface area contributed by atoms with Crippen LogP contribution >= 0.6 is 15.9 Å². The van der Waals surface area contributed by atoms with Crippen molar-refractivity contribution in [1.29, 1.82) is 0 Å². The Bertz CT molecular complexity index is 527. The quantitative estimate of drug-likeness (QED) is 0.781. The van der Waals surface area contributed by atoms with Crippen LogP contribution in [-0.4, -0.2) is 17.8 Å². The molecule has 1 aliphatic rings. The number of hydrogen-bond donors (Lipinski definition) is 0. The van der Waals surface area contributed by atoms with Crippen LogP contribution in [0.2, 0.25) is 0 Å². The molecule has 0 radical (unpaired) electrons. The first-order valence-electron chi connectivity index (χ1n) is 5.06. The summed E-state index contributed by atoms with van der Waals surface area (Å²) in [5.74, 6) is -1.95. The van der Waals surface area contributed by atoms with Gasteiger partial charge in [-0.2, -0.15) is 23.3 Å². The molecule has 0 saturated heterocycles. The fraction of sp³-hybridized carbons (Fsp3) is 0.273. The van der Waals surface area contributed by atoms with E-state index in [1.54, 1.807) is 12.1 Å². The Morgan fingerprint density at radius 3 is 2.56 bits per heavy atom. The van der Waals surface area contributed by atoms with Gasteiger partial charge in [0.05, 0.1) is 11.6 Å². The van der Waals surface area contributed by atoms with Crippen LogP contribution in [0.5, 0.6) is 0 Å². The second-order valence-corrected chi connectivity index (χ2v) is 4.75. The summed E-state index contributed by atoms with van der Waals surface area (Å²) in [6.45, 7) is 1.20. The van der Waals surface area contributed by atoms with Crippen LogP contribution in [0.3, 0.4) is 0 Å². The average molecular weight is 321 g/mol. The van der Waals surface area contributed by atoms with Crippen molar-refractivity contribution in [2.24, 2.45) is 11.0 Å². The van der Waals surface area contributed by atoms with Crippen LogP contribution in [0.25, 0.3) is 0 Å². The fourth-order valence-electron chi connectivity index (χ4n) is 1.64. The molecular formula is C11H8BrF3N2O. The summed E-state index contributed by atoms with van der Waals surface area (Å²) in [6, 6.07) is 6.39. The third-order valence-corrected chi connectivity index (χ3v) is 3.03. The average Bonchev–Trinajstić information content (AvgIpc) is 2.55. The topological polar surface area (TPSA) is 32.7 Å². The van der Waals surface area contributed by atoms with Gasteiger partial charge in [-0.05, 0) is 25.1 Å². The van der Waals surface area contributed by atoms with E-state index in [1.165, 1.54) is 19.1 Å². The monoisotopic (exact) mass is 320 g/mol. The van der Waals surface area contributed by atoms with E-state index < -0.39 is 23.7 Å². The Kier molecular flexibility index (Phi) is 3.18. The molecule has 0 bridgehead atoms. The van der Waals surface area contributed by atoms with Crippen LogP contribution in [0.15, 0.2) is 33.8 Å². The summed E-state index contributed by atoms with van der Waals surface area (Å²) in [5.41, 5.74) is -0.757. The number of nitrogens with zero attached hydrogens (tertiary/aromatic N) is 2. The lowest BCUT2D eigenvalue weighted by atomic mass is 10.1. The summed E-state index contributed by atoms with van der Waals surface area (Å²) in [7, 11) is 0. The minimum absolute atomic E-state index is 0.306. The van der Waals surface area contributed by atoms with Crippen molar-refractivity contribution in [2.45, 2.75) is 13.1 Å². The van der Waals surface area contributed by atoms with Crippen molar-refractivity contribution in [2.75, 3.05) is 5.01 Å². The Balaban J connectivity index is 2.41. The third-order valence-electron chi connectivity index (χ3n) is 2.54. The molecule has 2 rings (SSSR count). The number of anilines is 1. The smallest absolute Gasteiger partial charge is 0.272 e. The fourth-order valence-corrected chi connectivity index (χ4v) is 2.03. The number of hydrogen-bond acceptors (Lipinski definition) is 2. The second kappa shape index (κ2) is 4.38. The molecule has 96 valence electrons. The van der Waals surface area contributed by atoms with Gasteiger partial charge in [-0.25, -0.2) is 0 Å². The number of hydrazone groups is 1. The lowest BCUT2D eigenvalue weighted by molar-refractivity contribution is -0.120. The standard InChI is InChI=1S/C11H8BrF3N2O/c1-6-9(11(13,14)15)16-17(10(6)18)8-4-2-3-7(12)5-8/h2-6H,1H3. The third kappa shape index (κ3) is 2.27. The summed E-state index contributed by atoms with van der Waals surface area (Å²) in [4.78, 5) is 11.8. The highest BCUT2D eigenvalue weighted by Crippen LogP contribution is 2.32. The molecule has 1 aromatic carbocycles. The summed E-state index contributed by atoms with van der Waals surface area (Å²) in [5, 5.41) is 4.18. The highest BCUT2D eigenvalue weighted by molar-refractivity contribution is 9.10. The van der Waals surface area contributed by atoms with Gasteiger partial charge in [-0.3, -0.25) is 4.79 Å². The Morgan fingerprint density at radius 2 is 2.06 bits per heavy atom. The lowest BCUT2D eigenvalue weighted by Gasteiger charge is -2.12. The van der Waals surface area contributed by atoms with Gasteiger partial charge in [0.1, 0.15) is 0 Å². The molecule has 1 atom stereocenters. The minimum Gasteiger partial charge on any atom is -0.272 e. The first-order chi connectivity index (χ1) is 8.30. The molecule has 0 saturated carbocycles. The number of rotatable bonds is 1. The van der Waals surface area contributed by atoms with E-state index in [4.69, 9.17) is 0 Å². The van der Waals surface area contributed by atoms with Crippen molar-refractivity contribution in [3.05, 3.63) is 28.7 Å². The molecule has 0 N–H and O–H groups in total. The summed E-state index contributed by atoms with van der Waals surface area (Å²) < 4.78 is 38.6. The van der Waals surface area contributed by atoms with Gasteiger partial charge in [0.2, 0.25) is 0 Å². The van der Waals surface area contributed by atoms with Gasteiger partial charge < -0.3 is 0 Å². The van der Waals surface area contributed by atoms with Crippen molar-refractivity contribution in [3.63, 3.8) is 0 Å². The first-order valence-corrected chi connectivity index (χ1v) is 5.85. The molecule has 1 aliphatic heterocycles. The van der Waals surface area contributed by atoms with E-state index in [0.29, 0.717) is 10.2 Å². The van der Waals surface area contributed by atoms with Gasteiger partial charge in [-0.1, -0.05) is 22.0 Å². The zero-order valence-electron chi connectivity index (χ0n) is 9.20. The molecule has 1 aromatic rings. The number of benzene rings is 1. The van der Waals surface area contributed by atoms with E-state index >= 15 is 0 Å². The molecule has 0 aliphatic carbocycles. The highest BCUT2D eigenvalue weighted by atomic mass is 79.9. The van der Waals surface area contributed by atoms with Crippen molar-refractivity contribution in [3.8, 4) is 0 Å². The molecule has 0 fully saturated rings. The molecule has 1 heterocycles. The predicted octanol–water partition coefficient (Wildman–Crippen LogP) is 3.35. The van der Waals surface area contributed by atoms with Crippen LogP contribution in [-0.2, 0) is 4.79 Å². The van der Waals surface area contributed by atoms with Crippen LogP contribution in [0, 0.1) is 5.92 Å². The lowest BCUT2D eigenvalue weighted by Crippen LogP contribution is -2.31. The number of halogens is 4. The zero-order valence-corrected chi connectivity index (χ0v) is 10.8. The maximum Gasteiger partial charge on any atom is 0.432 e. The van der Waals surface area contributed by atoms with Gasteiger partial charge in [0, 0.05) is 4.47 Å². The molecule has 0 spiro atoms. The van der Waals surface area contributed by atoms with Crippen LogP contribution in [0.1, 0.15) is 6.92 Å². The Morgan fingerprint density at radius 1 is 1.39 bits per heavy atom. The minimum atomic E-state index is -4.59. The van der Waals surface area contributed by atoms with E-state index in [1.807, 2.05) is 0 Å². The largest absolute Gasteiger partial charge is 0.432 e. The van der Waals surface area contributed by atoms with E-state index in [9.17, 15) is 18.0 Å². The first kappa shape index (κ1) is 13.1. The Labute approximate surface area is 109 Å². The summed E-state index contributed by atoms with van der Waals surface area (Å²) >= 11 is 3.19. The van der Waals surface area contributed by atoms with Crippen molar-refractivity contribution >= 4 is 33.2 Å². The molecule has 0 aromatic heterocycles. The molecular weight excluding hydrogens is 313 g/mol. The Hall–Kier alpha value is -1.37. The number of alkyl halides is 3. The zero-order chi connectivity index (χ0) is 13.5. The maximum absolute atomic E-state index is 12.6. The molecule has 7 heteroatoms. The predicted molar refractivity (Wildman–Crippen MR) is 64.3 cm³/mol. The molecule has 18 heavy (non-hydrogen) atoms. The normalized spacial score (nSPS) is 20.3.